The molecule has 174 valence electrons. The summed E-state index contributed by atoms with van der Waals surface area (Å²) in [5.41, 5.74) is 3.71. The summed E-state index contributed by atoms with van der Waals surface area (Å²) < 4.78 is 4.83. The van der Waals surface area contributed by atoms with Crippen LogP contribution in [0.25, 0.3) is 22.6 Å². The number of hydrogen-bond acceptors (Lipinski definition) is 3. The van der Waals surface area contributed by atoms with Crippen molar-refractivity contribution in [3.05, 3.63) is 118 Å². The zero-order chi connectivity index (χ0) is 24.5. The average molecular weight is 484 g/mol. The predicted octanol–water partition coefficient (Wildman–Crippen LogP) is 5.24. The van der Waals surface area contributed by atoms with E-state index in [0.717, 1.165) is 11.3 Å². The van der Waals surface area contributed by atoms with Crippen LogP contribution < -0.4 is 10.9 Å². The molecule has 5 aromatic rings. The zero-order valence-corrected chi connectivity index (χ0v) is 19.9. The fourth-order valence-electron chi connectivity index (χ4n) is 3.96. The molecule has 0 aliphatic heterocycles. The van der Waals surface area contributed by atoms with Gasteiger partial charge in [-0.2, -0.15) is 5.10 Å². The maximum atomic E-state index is 13.5. The molecule has 0 aliphatic rings. The summed E-state index contributed by atoms with van der Waals surface area (Å²) in [5, 5.41) is 8.13. The fraction of sp³-hybridized carbons (Fsp3) is 0.0741. The van der Waals surface area contributed by atoms with Gasteiger partial charge in [-0.3, -0.25) is 14.3 Å². The largest absolute Gasteiger partial charge is 0.314 e. The van der Waals surface area contributed by atoms with Gasteiger partial charge in [-0.15, -0.1) is 0 Å². The van der Waals surface area contributed by atoms with Gasteiger partial charge in [-0.05, 0) is 49.4 Å². The lowest BCUT2D eigenvalue weighted by Crippen LogP contribution is -2.24. The Morgan fingerprint density at radius 1 is 0.886 bits per heavy atom. The van der Waals surface area contributed by atoms with Gasteiger partial charge in [0, 0.05) is 17.6 Å². The van der Waals surface area contributed by atoms with Crippen molar-refractivity contribution in [3.8, 4) is 22.6 Å². The number of benzene rings is 3. The van der Waals surface area contributed by atoms with E-state index in [9.17, 15) is 9.59 Å². The minimum atomic E-state index is -0.437. The maximum absolute atomic E-state index is 13.5. The predicted molar refractivity (Wildman–Crippen MR) is 138 cm³/mol. The molecule has 1 N–H and O–H groups in total. The van der Waals surface area contributed by atoms with Crippen LogP contribution in [0.1, 0.15) is 16.2 Å². The molecule has 0 aliphatic carbocycles. The molecule has 0 radical (unpaired) electrons. The normalized spacial score (nSPS) is 10.9. The molecular formula is C27H22ClN5O2. The van der Waals surface area contributed by atoms with Crippen molar-refractivity contribution in [2.45, 2.75) is 6.92 Å². The number of halogens is 1. The third-order valence-electron chi connectivity index (χ3n) is 5.88. The van der Waals surface area contributed by atoms with Gasteiger partial charge in [-0.1, -0.05) is 60.1 Å². The standard InChI is InChI=1S/C27H22ClN5O2/c1-18-25(27(35)33(31(18)2)22-11-7-4-8-12-22)29-26(34)24-17-23(19-13-15-20(28)16-14-19)30-32(24)21-9-5-3-6-10-21/h3-17H,1-2H3,(H,29,34). The number of nitrogens with zero attached hydrogens (tertiary/aromatic N) is 4. The summed E-state index contributed by atoms with van der Waals surface area (Å²) in [4.78, 5) is 26.8. The number of nitrogens with one attached hydrogen (secondary N) is 1. The lowest BCUT2D eigenvalue weighted by Gasteiger charge is -2.08. The Labute approximate surface area is 206 Å². The Morgan fingerprint density at radius 3 is 2.11 bits per heavy atom. The summed E-state index contributed by atoms with van der Waals surface area (Å²) in [6, 6.07) is 27.6. The smallest absolute Gasteiger partial charge is 0.295 e. The first-order valence-electron chi connectivity index (χ1n) is 11.0. The first-order chi connectivity index (χ1) is 16.9. The van der Waals surface area contributed by atoms with E-state index in [2.05, 4.69) is 10.4 Å². The molecule has 5 rings (SSSR count). The van der Waals surface area contributed by atoms with Crippen LogP contribution in [0, 0.1) is 6.92 Å². The van der Waals surface area contributed by atoms with Crippen LogP contribution in [0.15, 0.2) is 95.8 Å². The van der Waals surface area contributed by atoms with Gasteiger partial charge in [0.1, 0.15) is 11.4 Å². The molecule has 8 heteroatoms. The number of aromatic nitrogens is 4. The molecule has 7 nitrogen and oxygen atoms in total. The van der Waals surface area contributed by atoms with E-state index in [1.807, 2.05) is 72.8 Å². The van der Waals surface area contributed by atoms with Crippen LogP contribution in [-0.4, -0.2) is 25.1 Å². The summed E-state index contributed by atoms with van der Waals surface area (Å²) in [7, 11) is 1.78. The number of carbonyl (C=O) groups is 1. The van der Waals surface area contributed by atoms with E-state index in [4.69, 9.17) is 11.6 Å². The molecular weight excluding hydrogens is 462 g/mol. The van der Waals surface area contributed by atoms with Gasteiger partial charge in [0.15, 0.2) is 0 Å². The van der Waals surface area contributed by atoms with Crippen molar-refractivity contribution in [1.82, 2.24) is 19.1 Å². The lowest BCUT2D eigenvalue weighted by atomic mass is 10.1. The van der Waals surface area contributed by atoms with Crippen LogP contribution in [-0.2, 0) is 7.05 Å². The third-order valence-corrected chi connectivity index (χ3v) is 6.13. The van der Waals surface area contributed by atoms with E-state index in [1.165, 1.54) is 4.68 Å². The summed E-state index contributed by atoms with van der Waals surface area (Å²) in [6.45, 7) is 1.80. The van der Waals surface area contributed by atoms with Crippen molar-refractivity contribution in [2.75, 3.05) is 5.32 Å². The summed E-state index contributed by atoms with van der Waals surface area (Å²) in [5.74, 6) is -0.437. The van der Waals surface area contributed by atoms with E-state index < -0.39 is 5.91 Å². The van der Waals surface area contributed by atoms with Gasteiger partial charge in [-0.25, -0.2) is 9.36 Å². The molecule has 0 unspecified atom stereocenters. The van der Waals surface area contributed by atoms with Crippen molar-refractivity contribution in [1.29, 1.82) is 0 Å². The molecule has 0 atom stereocenters. The molecule has 0 bridgehead atoms. The van der Waals surface area contributed by atoms with Crippen LogP contribution in [0.5, 0.6) is 0 Å². The second-order valence-corrected chi connectivity index (χ2v) is 8.50. The van der Waals surface area contributed by atoms with Crippen LogP contribution in [0.3, 0.4) is 0 Å². The average Bonchev–Trinajstić information content (AvgIpc) is 3.41. The zero-order valence-electron chi connectivity index (χ0n) is 19.1. The van der Waals surface area contributed by atoms with Gasteiger partial charge >= 0.3 is 0 Å². The Morgan fingerprint density at radius 2 is 1.49 bits per heavy atom. The molecule has 2 heterocycles. The van der Waals surface area contributed by atoms with Crippen LogP contribution in [0.2, 0.25) is 5.02 Å². The SMILES string of the molecule is Cc1c(NC(=O)c2cc(-c3ccc(Cl)cc3)nn2-c2ccccc2)c(=O)n(-c2ccccc2)n1C. The fourth-order valence-corrected chi connectivity index (χ4v) is 4.09. The monoisotopic (exact) mass is 483 g/mol. The number of hydrogen-bond donors (Lipinski definition) is 1. The van der Waals surface area contributed by atoms with Crippen molar-refractivity contribution < 1.29 is 4.79 Å². The number of rotatable bonds is 5. The van der Waals surface area contributed by atoms with E-state index in [0.29, 0.717) is 27.8 Å². The highest BCUT2D eigenvalue weighted by Crippen LogP contribution is 2.24. The number of carbonyl (C=O) groups excluding carboxylic acids is 1. The van der Waals surface area contributed by atoms with Crippen molar-refractivity contribution in [2.24, 2.45) is 7.05 Å². The summed E-state index contributed by atoms with van der Waals surface area (Å²) in [6.07, 6.45) is 0. The highest BCUT2D eigenvalue weighted by Gasteiger charge is 2.22. The first kappa shape index (κ1) is 22.4. The van der Waals surface area contributed by atoms with E-state index in [1.54, 1.807) is 41.5 Å². The maximum Gasteiger partial charge on any atom is 0.295 e. The number of amides is 1. The second kappa shape index (κ2) is 9.12. The highest BCUT2D eigenvalue weighted by molar-refractivity contribution is 6.30. The molecule has 0 spiro atoms. The quantitative estimate of drug-likeness (QED) is 0.371. The Balaban J connectivity index is 1.57. The van der Waals surface area contributed by atoms with Crippen LogP contribution >= 0.6 is 11.6 Å². The number of anilines is 1. The molecule has 1 amide bonds. The second-order valence-electron chi connectivity index (χ2n) is 8.06. The minimum Gasteiger partial charge on any atom is -0.314 e. The molecule has 35 heavy (non-hydrogen) atoms. The minimum absolute atomic E-state index is 0.218. The Kier molecular flexibility index (Phi) is 5.84. The van der Waals surface area contributed by atoms with Gasteiger partial charge < -0.3 is 5.32 Å². The van der Waals surface area contributed by atoms with Gasteiger partial charge in [0.05, 0.1) is 22.8 Å². The van der Waals surface area contributed by atoms with Gasteiger partial charge in [0.2, 0.25) is 0 Å². The van der Waals surface area contributed by atoms with Crippen molar-refractivity contribution >= 4 is 23.2 Å². The summed E-state index contributed by atoms with van der Waals surface area (Å²) >= 11 is 6.04. The number of para-hydroxylation sites is 2. The highest BCUT2D eigenvalue weighted by atomic mass is 35.5. The Bertz CT molecular complexity index is 1570. The lowest BCUT2D eigenvalue weighted by molar-refractivity contribution is 0.101. The van der Waals surface area contributed by atoms with Crippen LogP contribution in [0.4, 0.5) is 5.69 Å². The van der Waals surface area contributed by atoms with E-state index in [-0.39, 0.29) is 11.2 Å². The van der Waals surface area contributed by atoms with E-state index >= 15 is 0 Å². The molecule has 0 fully saturated rings. The molecule has 0 saturated heterocycles. The molecule has 2 aromatic heterocycles. The third kappa shape index (κ3) is 4.18. The molecule has 3 aromatic carbocycles. The Hall–Kier alpha value is -4.36. The topological polar surface area (TPSA) is 73.8 Å². The molecule has 0 saturated carbocycles. The van der Waals surface area contributed by atoms with Gasteiger partial charge in [0.25, 0.3) is 11.5 Å². The van der Waals surface area contributed by atoms with Crippen molar-refractivity contribution in [3.63, 3.8) is 0 Å². The first-order valence-corrected chi connectivity index (χ1v) is 11.4.